The quantitative estimate of drug-likeness (QED) is 0.410. The van der Waals surface area contributed by atoms with E-state index in [1.165, 1.54) is 37.7 Å². The van der Waals surface area contributed by atoms with Crippen LogP contribution in [0.3, 0.4) is 0 Å². The van der Waals surface area contributed by atoms with E-state index in [9.17, 15) is 9.90 Å². The molecule has 0 saturated heterocycles. The van der Waals surface area contributed by atoms with E-state index >= 15 is 0 Å². The monoisotopic (exact) mass is 504 g/mol. The van der Waals surface area contributed by atoms with Gasteiger partial charge in [-0.2, -0.15) is 0 Å². The van der Waals surface area contributed by atoms with E-state index in [4.69, 9.17) is 4.74 Å². The lowest BCUT2D eigenvalue weighted by Crippen LogP contribution is -2.49. The largest absolute Gasteiger partial charge is 0.490 e. The molecule has 4 saturated carbocycles. The number of carbonyl (C=O) groups is 1. The number of nitrogens with one attached hydrogen (secondary N) is 2. The molecule has 0 spiro atoms. The van der Waals surface area contributed by atoms with Gasteiger partial charge in [0.25, 0.3) is 5.91 Å². The number of ether oxygens (including phenoxy) is 1. The number of hydrogen-bond acceptors (Lipinski definition) is 4. The van der Waals surface area contributed by atoms with Crippen LogP contribution in [0.5, 0.6) is 5.75 Å². The Hall–Kier alpha value is -2.37. The van der Waals surface area contributed by atoms with Crippen molar-refractivity contribution < 1.29 is 14.6 Å². The van der Waals surface area contributed by atoms with Crippen LogP contribution in [-0.4, -0.2) is 36.8 Å². The number of benzene rings is 2. The van der Waals surface area contributed by atoms with E-state index < -0.39 is 6.10 Å². The van der Waals surface area contributed by atoms with Crippen LogP contribution in [-0.2, 0) is 12.0 Å². The summed E-state index contributed by atoms with van der Waals surface area (Å²) in [6, 6.07) is 15.6. The van der Waals surface area contributed by atoms with Gasteiger partial charge in [0.2, 0.25) is 0 Å². The normalized spacial score (nSPS) is 27.2. The summed E-state index contributed by atoms with van der Waals surface area (Å²) in [5, 5.41) is 17.1. The zero-order valence-corrected chi connectivity index (χ0v) is 22.7. The average molecular weight is 505 g/mol. The molecular formula is C32H44N2O3. The summed E-state index contributed by atoms with van der Waals surface area (Å²) in [5.41, 5.74) is 2.92. The second-order valence-electron chi connectivity index (χ2n) is 12.8. The third-order valence-electron chi connectivity index (χ3n) is 9.02. The molecule has 1 amide bonds. The van der Waals surface area contributed by atoms with Gasteiger partial charge in [0.15, 0.2) is 0 Å². The van der Waals surface area contributed by atoms with Gasteiger partial charge in [-0.15, -0.1) is 0 Å². The Bertz CT molecular complexity index is 1030. The smallest absolute Gasteiger partial charge is 0.255 e. The van der Waals surface area contributed by atoms with Gasteiger partial charge in [-0.3, -0.25) is 4.79 Å². The molecule has 0 aliphatic heterocycles. The highest BCUT2D eigenvalue weighted by Gasteiger charge is 2.47. The van der Waals surface area contributed by atoms with Crippen LogP contribution < -0.4 is 15.4 Å². The molecule has 1 atom stereocenters. The van der Waals surface area contributed by atoms with Crippen LogP contribution in [0.1, 0.15) is 74.4 Å². The Labute approximate surface area is 222 Å². The van der Waals surface area contributed by atoms with Crippen molar-refractivity contribution in [2.75, 3.05) is 19.7 Å². The SMILES string of the molecule is CC(C)(C)c1ccc(CNC(=O)c2ccccc2OCC(O)CNCC2C3CC4CC(C3)CC2C4)cc1. The summed E-state index contributed by atoms with van der Waals surface area (Å²) in [5.74, 6) is 4.86. The van der Waals surface area contributed by atoms with E-state index in [2.05, 4.69) is 55.7 Å². The summed E-state index contributed by atoms with van der Waals surface area (Å²) in [7, 11) is 0. The van der Waals surface area contributed by atoms with Gasteiger partial charge in [-0.05, 0) is 96.9 Å². The molecule has 0 heterocycles. The average Bonchev–Trinajstić information content (AvgIpc) is 2.87. The summed E-state index contributed by atoms with van der Waals surface area (Å²) in [4.78, 5) is 12.9. The number of hydrogen-bond donors (Lipinski definition) is 3. The highest BCUT2D eigenvalue weighted by Crippen LogP contribution is 2.56. The fourth-order valence-electron chi connectivity index (χ4n) is 7.21. The van der Waals surface area contributed by atoms with Crippen LogP contribution in [0.25, 0.3) is 0 Å². The molecule has 200 valence electrons. The number of rotatable bonds is 10. The van der Waals surface area contributed by atoms with Crippen molar-refractivity contribution in [3.8, 4) is 5.75 Å². The predicted octanol–water partition coefficient (Wildman–Crippen LogP) is 5.32. The molecule has 4 aliphatic carbocycles. The van der Waals surface area contributed by atoms with Crippen molar-refractivity contribution in [3.63, 3.8) is 0 Å². The zero-order chi connectivity index (χ0) is 26.0. The fourth-order valence-corrected chi connectivity index (χ4v) is 7.21. The van der Waals surface area contributed by atoms with Gasteiger partial charge in [-0.25, -0.2) is 0 Å². The van der Waals surface area contributed by atoms with E-state index in [0.29, 0.717) is 24.4 Å². The standard InChI is InChI=1S/C32H44N2O3/c1-32(2,3)26-10-8-21(9-11-26)17-34-31(36)28-6-4-5-7-30(28)37-20-27(35)18-33-19-29-24-13-22-12-23(15-24)16-25(29)14-22/h4-11,22-25,27,29,33,35H,12-20H2,1-3H3,(H,34,36). The van der Waals surface area contributed by atoms with Crippen LogP contribution >= 0.6 is 0 Å². The first-order valence-corrected chi connectivity index (χ1v) is 14.2. The van der Waals surface area contributed by atoms with Crippen LogP contribution in [0.2, 0.25) is 0 Å². The third kappa shape index (κ3) is 6.38. The predicted molar refractivity (Wildman–Crippen MR) is 148 cm³/mol. The van der Waals surface area contributed by atoms with Crippen LogP contribution in [0, 0.1) is 29.6 Å². The third-order valence-corrected chi connectivity index (χ3v) is 9.02. The molecule has 3 N–H and O–H groups in total. The molecule has 4 bridgehead atoms. The lowest BCUT2D eigenvalue weighted by Gasteiger charge is -2.54. The van der Waals surface area contributed by atoms with Gasteiger partial charge >= 0.3 is 0 Å². The summed E-state index contributed by atoms with van der Waals surface area (Å²) in [6.45, 7) is 8.70. The molecular weight excluding hydrogens is 460 g/mol. The van der Waals surface area contributed by atoms with Crippen molar-refractivity contribution in [2.24, 2.45) is 29.6 Å². The topological polar surface area (TPSA) is 70.6 Å². The minimum Gasteiger partial charge on any atom is -0.490 e. The molecule has 5 heteroatoms. The van der Waals surface area contributed by atoms with Gasteiger partial charge in [-0.1, -0.05) is 57.2 Å². The highest BCUT2D eigenvalue weighted by atomic mass is 16.5. The van der Waals surface area contributed by atoms with Crippen molar-refractivity contribution >= 4 is 5.91 Å². The maximum absolute atomic E-state index is 12.9. The number of amides is 1. The van der Waals surface area contributed by atoms with Crippen molar-refractivity contribution in [3.05, 3.63) is 65.2 Å². The van der Waals surface area contributed by atoms with E-state index in [1.54, 1.807) is 12.1 Å². The number of carbonyl (C=O) groups excluding carboxylic acids is 1. The highest BCUT2D eigenvalue weighted by molar-refractivity contribution is 5.96. The maximum atomic E-state index is 12.9. The second kappa shape index (κ2) is 11.2. The number of aliphatic hydroxyl groups excluding tert-OH is 1. The maximum Gasteiger partial charge on any atom is 0.255 e. The van der Waals surface area contributed by atoms with E-state index in [0.717, 1.165) is 41.7 Å². The summed E-state index contributed by atoms with van der Waals surface area (Å²) < 4.78 is 5.91. The summed E-state index contributed by atoms with van der Waals surface area (Å²) >= 11 is 0. The van der Waals surface area contributed by atoms with Crippen LogP contribution in [0.15, 0.2) is 48.5 Å². The van der Waals surface area contributed by atoms with Crippen molar-refractivity contribution in [2.45, 2.75) is 70.9 Å². The minimum absolute atomic E-state index is 0.104. The Morgan fingerprint density at radius 2 is 1.62 bits per heavy atom. The molecule has 0 aromatic heterocycles. The van der Waals surface area contributed by atoms with Gasteiger partial charge in [0.05, 0.1) is 5.56 Å². The molecule has 0 radical (unpaired) electrons. The molecule has 2 aromatic rings. The lowest BCUT2D eigenvalue weighted by atomic mass is 9.52. The molecule has 37 heavy (non-hydrogen) atoms. The molecule has 5 nitrogen and oxygen atoms in total. The van der Waals surface area contributed by atoms with Crippen LogP contribution in [0.4, 0.5) is 0 Å². The number of aliphatic hydroxyl groups is 1. The molecule has 1 unspecified atom stereocenters. The first-order chi connectivity index (χ1) is 17.8. The van der Waals surface area contributed by atoms with Gasteiger partial charge < -0.3 is 20.5 Å². The molecule has 6 rings (SSSR count). The second-order valence-corrected chi connectivity index (χ2v) is 12.8. The Kier molecular flexibility index (Phi) is 7.92. The van der Waals surface area contributed by atoms with E-state index in [-0.39, 0.29) is 17.9 Å². The molecule has 4 fully saturated rings. The van der Waals surface area contributed by atoms with Gasteiger partial charge in [0.1, 0.15) is 18.5 Å². The Morgan fingerprint density at radius 3 is 2.27 bits per heavy atom. The molecule has 2 aromatic carbocycles. The lowest BCUT2D eigenvalue weighted by molar-refractivity contribution is -0.0364. The van der Waals surface area contributed by atoms with Crippen molar-refractivity contribution in [1.82, 2.24) is 10.6 Å². The first kappa shape index (κ1) is 26.2. The minimum atomic E-state index is -0.616. The zero-order valence-electron chi connectivity index (χ0n) is 22.7. The van der Waals surface area contributed by atoms with Crippen molar-refractivity contribution in [1.29, 1.82) is 0 Å². The fraction of sp³-hybridized carbons (Fsp3) is 0.594. The van der Waals surface area contributed by atoms with E-state index in [1.807, 2.05) is 12.1 Å². The Balaban J connectivity index is 1.07. The Morgan fingerprint density at radius 1 is 0.973 bits per heavy atom. The summed E-state index contributed by atoms with van der Waals surface area (Å²) in [6.07, 6.45) is 6.55. The molecule has 4 aliphatic rings. The number of para-hydroxylation sites is 1. The first-order valence-electron chi connectivity index (χ1n) is 14.2. The van der Waals surface area contributed by atoms with Gasteiger partial charge in [0, 0.05) is 13.1 Å².